The summed E-state index contributed by atoms with van der Waals surface area (Å²) in [5, 5.41) is 7.00. The Morgan fingerprint density at radius 1 is 1.17 bits per heavy atom. The fourth-order valence-corrected chi connectivity index (χ4v) is 2.19. The van der Waals surface area contributed by atoms with Gasteiger partial charge in [0.2, 0.25) is 0 Å². The standard InChI is InChI=1S/C9H21P.CH4O/c1-5-8(3)7-9(6-2)10-4;1-2/h8-10H,5-7H2,1-4H3;2H,1H3. The van der Waals surface area contributed by atoms with Gasteiger partial charge in [-0.05, 0) is 31.1 Å². The van der Waals surface area contributed by atoms with Gasteiger partial charge < -0.3 is 5.11 Å². The molecule has 2 heteroatoms. The molecule has 0 aliphatic rings. The van der Waals surface area contributed by atoms with E-state index in [0.29, 0.717) is 0 Å². The first kappa shape index (κ1) is 14.9. The lowest BCUT2D eigenvalue weighted by Gasteiger charge is -2.16. The molecule has 1 N–H and O–H groups in total. The highest BCUT2D eigenvalue weighted by molar-refractivity contribution is 7.37. The zero-order chi connectivity index (χ0) is 9.98. The summed E-state index contributed by atoms with van der Waals surface area (Å²) in [7, 11) is 2.14. The number of hydrogen-bond acceptors (Lipinski definition) is 1. The smallest absolute Gasteiger partial charge is 0.0319 e. The third-order valence-electron chi connectivity index (χ3n) is 2.28. The molecule has 0 aliphatic heterocycles. The van der Waals surface area contributed by atoms with Crippen LogP contribution >= 0.6 is 8.58 Å². The van der Waals surface area contributed by atoms with Crippen LogP contribution in [0.4, 0.5) is 0 Å². The van der Waals surface area contributed by atoms with Crippen molar-refractivity contribution in [3.05, 3.63) is 0 Å². The van der Waals surface area contributed by atoms with Crippen molar-refractivity contribution in [2.45, 2.75) is 45.7 Å². The van der Waals surface area contributed by atoms with Gasteiger partial charge in [-0.1, -0.05) is 27.2 Å². The van der Waals surface area contributed by atoms with E-state index in [1.54, 1.807) is 0 Å². The van der Waals surface area contributed by atoms with Gasteiger partial charge in [0.15, 0.2) is 0 Å². The molecule has 3 unspecified atom stereocenters. The molecule has 0 rings (SSSR count). The van der Waals surface area contributed by atoms with E-state index in [0.717, 1.165) is 27.3 Å². The van der Waals surface area contributed by atoms with Crippen LogP contribution in [0.15, 0.2) is 0 Å². The molecule has 0 heterocycles. The highest BCUT2D eigenvalue weighted by Crippen LogP contribution is 2.25. The summed E-state index contributed by atoms with van der Waals surface area (Å²) in [6.45, 7) is 9.29. The molecule has 0 bridgehead atoms. The highest BCUT2D eigenvalue weighted by Gasteiger charge is 2.06. The molecule has 0 saturated heterocycles. The third-order valence-corrected chi connectivity index (χ3v) is 3.75. The van der Waals surface area contributed by atoms with Crippen molar-refractivity contribution in [1.82, 2.24) is 0 Å². The Hall–Kier alpha value is 0.390. The van der Waals surface area contributed by atoms with Crippen molar-refractivity contribution in [2.24, 2.45) is 5.92 Å². The largest absolute Gasteiger partial charge is 0.400 e. The van der Waals surface area contributed by atoms with Crippen molar-refractivity contribution in [2.75, 3.05) is 13.8 Å². The van der Waals surface area contributed by atoms with Crippen molar-refractivity contribution in [3.8, 4) is 0 Å². The predicted molar refractivity (Wildman–Crippen MR) is 60.5 cm³/mol. The molecule has 0 aliphatic carbocycles. The van der Waals surface area contributed by atoms with Gasteiger partial charge in [0, 0.05) is 7.11 Å². The molecular formula is C10H25OP. The van der Waals surface area contributed by atoms with Gasteiger partial charge in [0.05, 0.1) is 0 Å². The molecule has 3 atom stereocenters. The molecule has 76 valence electrons. The predicted octanol–water partition coefficient (Wildman–Crippen LogP) is 3.12. The summed E-state index contributed by atoms with van der Waals surface area (Å²) >= 11 is 0. The van der Waals surface area contributed by atoms with Gasteiger partial charge in [-0.15, -0.1) is 8.58 Å². The van der Waals surface area contributed by atoms with Gasteiger partial charge in [-0.3, -0.25) is 0 Å². The Labute approximate surface area is 79.7 Å². The molecule has 0 aromatic rings. The highest BCUT2D eigenvalue weighted by atomic mass is 31.1. The fraction of sp³-hybridized carbons (Fsp3) is 1.00. The first-order valence-electron chi connectivity index (χ1n) is 4.86. The zero-order valence-electron chi connectivity index (χ0n) is 9.22. The first-order chi connectivity index (χ1) is 5.74. The van der Waals surface area contributed by atoms with Crippen LogP contribution in [0.5, 0.6) is 0 Å². The van der Waals surface area contributed by atoms with E-state index in [1.165, 1.54) is 19.3 Å². The van der Waals surface area contributed by atoms with Crippen LogP contribution < -0.4 is 0 Å². The van der Waals surface area contributed by atoms with Crippen LogP contribution in [0.2, 0.25) is 0 Å². The zero-order valence-corrected chi connectivity index (χ0v) is 10.2. The summed E-state index contributed by atoms with van der Waals surface area (Å²) in [6, 6.07) is 0. The van der Waals surface area contributed by atoms with Crippen LogP contribution in [0.25, 0.3) is 0 Å². The second-order valence-electron chi connectivity index (χ2n) is 3.14. The van der Waals surface area contributed by atoms with E-state index in [1.807, 2.05) is 0 Å². The van der Waals surface area contributed by atoms with Gasteiger partial charge in [0.1, 0.15) is 0 Å². The van der Waals surface area contributed by atoms with Crippen molar-refractivity contribution >= 4 is 8.58 Å². The molecule has 0 saturated carbocycles. The molecule has 0 radical (unpaired) electrons. The molecular weight excluding hydrogens is 167 g/mol. The molecule has 1 nitrogen and oxygen atoms in total. The van der Waals surface area contributed by atoms with Crippen molar-refractivity contribution in [1.29, 1.82) is 0 Å². The van der Waals surface area contributed by atoms with Crippen LogP contribution in [0.1, 0.15) is 40.0 Å². The average molecular weight is 192 g/mol. The van der Waals surface area contributed by atoms with Crippen molar-refractivity contribution < 1.29 is 5.11 Å². The van der Waals surface area contributed by atoms with E-state index in [9.17, 15) is 0 Å². The van der Waals surface area contributed by atoms with Crippen LogP contribution in [0.3, 0.4) is 0 Å². The van der Waals surface area contributed by atoms with E-state index in [2.05, 4.69) is 27.4 Å². The number of aliphatic hydroxyl groups is 1. The molecule has 0 amide bonds. The van der Waals surface area contributed by atoms with Crippen LogP contribution in [-0.2, 0) is 0 Å². The Morgan fingerprint density at radius 3 is 1.92 bits per heavy atom. The Bertz CT molecular complexity index is 72.2. The van der Waals surface area contributed by atoms with E-state index >= 15 is 0 Å². The van der Waals surface area contributed by atoms with E-state index in [-0.39, 0.29) is 0 Å². The van der Waals surface area contributed by atoms with Gasteiger partial charge in [-0.2, -0.15) is 0 Å². The SMILES string of the molecule is CCC(C)CC(CC)PC.CO. The van der Waals surface area contributed by atoms with E-state index in [4.69, 9.17) is 5.11 Å². The minimum Gasteiger partial charge on any atom is -0.400 e. The molecule has 0 aromatic carbocycles. The van der Waals surface area contributed by atoms with Gasteiger partial charge in [0.25, 0.3) is 0 Å². The molecule has 0 aromatic heterocycles. The number of hydrogen-bond donors (Lipinski definition) is 1. The topological polar surface area (TPSA) is 20.2 Å². The summed E-state index contributed by atoms with van der Waals surface area (Å²) in [5.41, 5.74) is 1.01. The number of rotatable bonds is 5. The van der Waals surface area contributed by atoms with Crippen LogP contribution in [0, 0.1) is 5.92 Å². The lowest BCUT2D eigenvalue weighted by Crippen LogP contribution is -2.04. The Kier molecular flexibility index (Phi) is 14.1. The van der Waals surface area contributed by atoms with Crippen molar-refractivity contribution in [3.63, 3.8) is 0 Å². The monoisotopic (exact) mass is 192 g/mol. The lowest BCUT2D eigenvalue weighted by atomic mass is 10.0. The Morgan fingerprint density at radius 2 is 1.67 bits per heavy atom. The lowest BCUT2D eigenvalue weighted by molar-refractivity contribution is 0.399. The quantitative estimate of drug-likeness (QED) is 0.663. The average Bonchev–Trinajstić information content (AvgIpc) is 2.16. The Balaban J connectivity index is 0. The molecule has 0 spiro atoms. The second kappa shape index (κ2) is 11.4. The maximum absolute atomic E-state index is 7.00. The minimum atomic E-state index is 0.942. The first-order valence-corrected chi connectivity index (χ1v) is 6.44. The summed E-state index contributed by atoms with van der Waals surface area (Å²) in [5.74, 6) is 0.942. The summed E-state index contributed by atoms with van der Waals surface area (Å²) in [6.07, 6.45) is 4.17. The fourth-order valence-electron chi connectivity index (χ4n) is 1.14. The van der Waals surface area contributed by atoms with E-state index < -0.39 is 0 Å². The maximum atomic E-state index is 7.00. The molecule has 0 fully saturated rings. The normalized spacial score (nSPS) is 15.5. The summed E-state index contributed by atoms with van der Waals surface area (Å²) < 4.78 is 0. The van der Waals surface area contributed by atoms with Gasteiger partial charge in [-0.25, -0.2) is 0 Å². The van der Waals surface area contributed by atoms with Gasteiger partial charge >= 0.3 is 0 Å². The minimum absolute atomic E-state index is 0.942. The third kappa shape index (κ3) is 8.49. The maximum Gasteiger partial charge on any atom is 0.0319 e. The van der Waals surface area contributed by atoms with Crippen LogP contribution in [-0.4, -0.2) is 24.5 Å². The second-order valence-corrected chi connectivity index (χ2v) is 4.54. The summed E-state index contributed by atoms with van der Waals surface area (Å²) in [4.78, 5) is 0. The molecule has 12 heavy (non-hydrogen) atoms. The number of aliphatic hydroxyl groups excluding tert-OH is 1.